The third kappa shape index (κ3) is 23.9. The standard InChI is InChI=1S/C24H50O5/c1-4-7-10-11-13-16-19-25-23-29-28-22-17-14-12-15-18-24(26-20-8-5-2)27-21-9-6-3/h24H,4-23H2,1-3H3. The van der Waals surface area contributed by atoms with Crippen LogP contribution in [0.25, 0.3) is 0 Å². The molecule has 0 aromatic carbocycles. The Hall–Kier alpha value is -0.200. The van der Waals surface area contributed by atoms with Gasteiger partial charge in [-0.05, 0) is 38.5 Å². The molecule has 0 rings (SSSR count). The Morgan fingerprint density at radius 3 is 1.69 bits per heavy atom. The maximum absolute atomic E-state index is 5.87. The van der Waals surface area contributed by atoms with E-state index in [0.717, 1.165) is 77.6 Å². The Kier molecular flexibility index (Phi) is 25.7. The van der Waals surface area contributed by atoms with Crippen LogP contribution in [0.15, 0.2) is 0 Å². The van der Waals surface area contributed by atoms with Crippen LogP contribution in [0.2, 0.25) is 0 Å². The molecule has 0 fully saturated rings. The topological polar surface area (TPSA) is 46.2 Å². The molecule has 0 unspecified atom stereocenters. The summed E-state index contributed by atoms with van der Waals surface area (Å²) in [6, 6.07) is 0. The predicted molar refractivity (Wildman–Crippen MR) is 120 cm³/mol. The van der Waals surface area contributed by atoms with Gasteiger partial charge in [0.15, 0.2) is 13.1 Å². The maximum Gasteiger partial charge on any atom is 0.180 e. The molecule has 0 saturated heterocycles. The normalized spacial score (nSPS) is 11.6. The zero-order valence-electron chi connectivity index (χ0n) is 19.8. The van der Waals surface area contributed by atoms with E-state index in [0.29, 0.717) is 6.61 Å². The zero-order chi connectivity index (χ0) is 21.3. The fourth-order valence-corrected chi connectivity index (χ4v) is 2.93. The second-order valence-corrected chi connectivity index (χ2v) is 7.81. The molecule has 0 amide bonds. The van der Waals surface area contributed by atoms with Crippen LogP contribution in [0.1, 0.15) is 117 Å². The lowest BCUT2D eigenvalue weighted by Crippen LogP contribution is -2.18. The molecule has 0 aliphatic rings. The van der Waals surface area contributed by atoms with Gasteiger partial charge in [-0.1, -0.05) is 78.6 Å². The first-order valence-corrected chi connectivity index (χ1v) is 12.4. The Morgan fingerprint density at radius 1 is 0.483 bits per heavy atom. The zero-order valence-corrected chi connectivity index (χ0v) is 19.8. The van der Waals surface area contributed by atoms with Crippen molar-refractivity contribution in [1.29, 1.82) is 0 Å². The average Bonchev–Trinajstić information content (AvgIpc) is 2.73. The van der Waals surface area contributed by atoms with Crippen LogP contribution < -0.4 is 0 Å². The number of hydrogen-bond acceptors (Lipinski definition) is 5. The fraction of sp³-hybridized carbons (Fsp3) is 1.00. The first-order valence-electron chi connectivity index (χ1n) is 12.4. The highest BCUT2D eigenvalue weighted by Crippen LogP contribution is 2.11. The van der Waals surface area contributed by atoms with E-state index < -0.39 is 0 Å². The molecule has 29 heavy (non-hydrogen) atoms. The molecule has 0 saturated carbocycles. The van der Waals surface area contributed by atoms with Crippen LogP contribution in [-0.4, -0.2) is 39.5 Å². The summed E-state index contributed by atoms with van der Waals surface area (Å²) in [5, 5.41) is 0. The Bertz CT molecular complexity index is 278. The highest BCUT2D eigenvalue weighted by Gasteiger charge is 2.08. The summed E-state index contributed by atoms with van der Waals surface area (Å²) < 4.78 is 17.2. The van der Waals surface area contributed by atoms with Gasteiger partial charge in [-0.25, -0.2) is 9.78 Å². The van der Waals surface area contributed by atoms with Gasteiger partial charge in [0.25, 0.3) is 0 Å². The van der Waals surface area contributed by atoms with E-state index in [2.05, 4.69) is 20.8 Å². The first kappa shape index (κ1) is 28.8. The predicted octanol–water partition coefficient (Wildman–Crippen LogP) is 7.18. The molecule has 176 valence electrons. The monoisotopic (exact) mass is 418 g/mol. The molecule has 0 aliphatic heterocycles. The summed E-state index contributed by atoms with van der Waals surface area (Å²) in [6.45, 7) is 9.85. The summed E-state index contributed by atoms with van der Waals surface area (Å²) in [5.74, 6) is 0. The van der Waals surface area contributed by atoms with Gasteiger partial charge in [0.05, 0.1) is 6.61 Å². The third-order valence-corrected chi connectivity index (χ3v) is 4.88. The molecule has 0 N–H and O–H groups in total. The Labute approximate surface area is 181 Å². The number of unbranched alkanes of at least 4 members (excludes halogenated alkanes) is 10. The van der Waals surface area contributed by atoms with Crippen molar-refractivity contribution in [1.82, 2.24) is 0 Å². The van der Waals surface area contributed by atoms with Gasteiger partial charge in [0.2, 0.25) is 0 Å². The summed E-state index contributed by atoms with van der Waals surface area (Å²) in [7, 11) is 0. The molecule has 0 spiro atoms. The third-order valence-electron chi connectivity index (χ3n) is 4.88. The number of hydrogen-bond donors (Lipinski definition) is 0. The molecule has 0 heterocycles. The molecule has 5 heteroatoms. The molecule has 0 bridgehead atoms. The van der Waals surface area contributed by atoms with Crippen molar-refractivity contribution in [3.05, 3.63) is 0 Å². The van der Waals surface area contributed by atoms with Crippen molar-refractivity contribution in [3.8, 4) is 0 Å². The van der Waals surface area contributed by atoms with E-state index in [9.17, 15) is 0 Å². The summed E-state index contributed by atoms with van der Waals surface area (Å²) >= 11 is 0. The SMILES string of the molecule is CCCCCCCCOCOOCCCCCCC(OCCCC)OCCCC. The molecular weight excluding hydrogens is 368 g/mol. The van der Waals surface area contributed by atoms with Crippen LogP contribution in [0.3, 0.4) is 0 Å². The lowest BCUT2D eigenvalue weighted by molar-refractivity contribution is -0.336. The molecule has 0 radical (unpaired) electrons. The van der Waals surface area contributed by atoms with Gasteiger partial charge in [0.1, 0.15) is 0 Å². The van der Waals surface area contributed by atoms with Crippen LogP contribution in [0.5, 0.6) is 0 Å². The lowest BCUT2D eigenvalue weighted by Gasteiger charge is -2.18. The Morgan fingerprint density at radius 2 is 1.03 bits per heavy atom. The van der Waals surface area contributed by atoms with E-state index in [-0.39, 0.29) is 13.1 Å². The van der Waals surface area contributed by atoms with Crippen molar-refractivity contribution in [2.24, 2.45) is 0 Å². The largest absolute Gasteiger partial charge is 0.353 e. The van der Waals surface area contributed by atoms with Crippen molar-refractivity contribution in [3.63, 3.8) is 0 Å². The second-order valence-electron chi connectivity index (χ2n) is 7.81. The molecular formula is C24H50O5. The van der Waals surface area contributed by atoms with Gasteiger partial charge >= 0.3 is 0 Å². The highest BCUT2D eigenvalue weighted by molar-refractivity contribution is 4.50. The van der Waals surface area contributed by atoms with Crippen LogP contribution in [0, 0.1) is 0 Å². The van der Waals surface area contributed by atoms with E-state index in [4.69, 9.17) is 24.0 Å². The summed E-state index contributed by atoms with van der Waals surface area (Å²) in [6.07, 6.45) is 17.6. The van der Waals surface area contributed by atoms with Crippen molar-refractivity contribution in [2.45, 2.75) is 123 Å². The van der Waals surface area contributed by atoms with E-state index >= 15 is 0 Å². The lowest BCUT2D eigenvalue weighted by atomic mass is 10.1. The quantitative estimate of drug-likeness (QED) is 0.0680. The smallest absolute Gasteiger partial charge is 0.180 e. The number of ether oxygens (including phenoxy) is 3. The van der Waals surface area contributed by atoms with E-state index in [1.54, 1.807) is 0 Å². The van der Waals surface area contributed by atoms with Crippen molar-refractivity contribution in [2.75, 3.05) is 33.2 Å². The van der Waals surface area contributed by atoms with Gasteiger partial charge in [-0.2, -0.15) is 0 Å². The minimum atomic E-state index is -0.0310. The molecule has 0 aromatic rings. The van der Waals surface area contributed by atoms with E-state index in [1.165, 1.54) is 38.5 Å². The fourth-order valence-electron chi connectivity index (χ4n) is 2.93. The van der Waals surface area contributed by atoms with Gasteiger partial charge in [-0.15, -0.1) is 0 Å². The van der Waals surface area contributed by atoms with Crippen LogP contribution >= 0.6 is 0 Å². The summed E-state index contributed by atoms with van der Waals surface area (Å²) in [5.41, 5.74) is 0. The molecule has 0 aliphatic carbocycles. The highest BCUT2D eigenvalue weighted by atomic mass is 17.2. The molecule has 0 aromatic heterocycles. The Balaban J connectivity index is 3.35. The van der Waals surface area contributed by atoms with E-state index in [1.807, 2.05) is 0 Å². The van der Waals surface area contributed by atoms with Gasteiger partial charge < -0.3 is 14.2 Å². The van der Waals surface area contributed by atoms with Crippen LogP contribution in [-0.2, 0) is 24.0 Å². The number of rotatable bonds is 25. The van der Waals surface area contributed by atoms with Crippen LogP contribution in [0.4, 0.5) is 0 Å². The average molecular weight is 419 g/mol. The minimum absolute atomic E-state index is 0.0310. The second kappa shape index (κ2) is 25.8. The van der Waals surface area contributed by atoms with Gasteiger partial charge in [-0.3, -0.25) is 0 Å². The first-order chi connectivity index (χ1) is 14.3. The maximum atomic E-state index is 5.87. The molecule has 0 atom stereocenters. The van der Waals surface area contributed by atoms with Gasteiger partial charge in [0, 0.05) is 19.8 Å². The minimum Gasteiger partial charge on any atom is -0.353 e. The molecule has 5 nitrogen and oxygen atoms in total. The van der Waals surface area contributed by atoms with Crippen molar-refractivity contribution >= 4 is 0 Å². The summed E-state index contributed by atoms with van der Waals surface area (Å²) in [4.78, 5) is 10.2. The van der Waals surface area contributed by atoms with Crippen molar-refractivity contribution < 1.29 is 24.0 Å².